The number of rotatable bonds is 1. The number of carbonyl (C=O) groups excluding carboxylic acids is 1. The fourth-order valence-electron chi connectivity index (χ4n) is 2.33. The molecule has 0 spiro atoms. The molecule has 21 heavy (non-hydrogen) atoms. The Kier molecular flexibility index (Phi) is 3.90. The van der Waals surface area contributed by atoms with E-state index in [0.29, 0.717) is 15.9 Å². The number of benzene rings is 1. The van der Waals surface area contributed by atoms with Crippen molar-refractivity contribution in [1.29, 1.82) is 0 Å². The average Bonchev–Trinajstić information content (AvgIpc) is 2.73. The van der Waals surface area contributed by atoms with Crippen LogP contribution in [-0.2, 0) is 4.79 Å². The van der Waals surface area contributed by atoms with Crippen LogP contribution in [-0.4, -0.2) is 21.4 Å². The minimum Gasteiger partial charge on any atom is -0.308 e. The van der Waals surface area contributed by atoms with Crippen molar-refractivity contribution in [3.05, 3.63) is 45.1 Å². The van der Waals surface area contributed by atoms with Crippen molar-refractivity contribution in [2.24, 2.45) is 0 Å². The van der Waals surface area contributed by atoms with Gasteiger partial charge >= 0.3 is 0 Å². The van der Waals surface area contributed by atoms with Gasteiger partial charge in [0.25, 0.3) is 0 Å². The molecule has 2 aromatic rings. The fourth-order valence-corrected chi connectivity index (χ4v) is 3.95. The van der Waals surface area contributed by atoms with Gasteiger partial charge in [0.2, 0.25) is 5.91 Å². The summed E-state index contributed by atoms with van der Waals surface area (Å²) in [7, 11) is 0. The lowest BCUT2D eigenvalue weighted by molar-refractivity contribution is -0.115. The second-order valence-corrected chi connectivity index (χ2v) is 7.20. The zero-order valence-corrected chi connectivity index (χ0v) is 13.7. The van der Waals surface area contributed by atoms with Gasteiger partial charge in [0.15, 0.2) is 5.82 Å². The number of hydrogen-bond donors (Lipinski definition) is 2. The van der Waals surface area contributed by atoms with Crippen LogP contribution >= 0.6 is 35.0 Å². The summed E-state index contributed by atoms with van der Waals surface area (Å²) in [5, 5.41) is 10.8. The molecule has 0 bridgehead atoms. The summed E-state index contributed by atoms with van der Waals surface area (Å²) < 4.78 is 0. The molecule has 1 aromatic heterocycles. The normalized spacial score (nSPS) is 21.6. The maximum absolute atomic E-state index is 12.1. The molecule has 7 heteroatoms. The summed E-state index contributed by atoms with van der Waals surface area (Å²) in [5.41, 5.74) is 2.92. The van der Waals surface area contributed by atoms with Crippen LogP contribution in [0.5, 0.6) is 0 Å². The summed E-state index contributed by atoms with van der Waals surface area (Å²) in [5.74, 6) is 0.542. The number of fused-ring (bicyclic) bond motifs is 1. The maximum atomic E-state index is 12.1. The molecule has 1 aliphatic heterocycles. The Morgan fingerprint density at radius 3 is 2.76 bits per heavy atom. The van der Waals surface area contributed by atoms with Gasteiger partial charge in [-0.05, 0) is 31.5 Å². The molecule has 1 aromatic carbocycles. The number of carbonyl (C=O) groups is 1. The van der Waals surface area contributed by atoms with Gasteiger partial charge in [0, 0.05) is 11.3 Å². The van der Waals surface area contributed by atoms with E-state index in [1.54, 1.807) is 17.8 Å². The predicted octanol–water partition coefficient (Wildman–Crippen LogP) is 4.19. The molecule has 1 amide bonds. The number of halogens is 2. The van der Waals surface area contributed by atoms with Crippen LogP contribution in [0.25, 0.3) is 0 Å². The Hall–Kier alpha value is -1.17. The Labute approximate surface area is 136 Å². The Morgan fingerprint density at radius 2 is 2.05 bits per heavy atom. The quantitative estimate of drug-likeness (QED) is 0.817. The van der Waals surface area contributed by atoms with Gasteiger partial charge in [0.05, 0.1) is 20.5 Å². The van der Waals surface area contributed by atoms with Crippen LogP contribution in [0, 0.1) is 6.92 Å². The molecule has 0 saturated carbocycles. The highest BCUT2D eigenvalue weighted by molar-refractivity contribution is 8.01. The number of aromatic amines is 1. The third-order valence-corrected chi connectivity index (χ3v) is 5.60. The molecule has 1 aliphatic rings. The SMILES string of the molecule is Cc1[nH]nc2c1[C@H](c1ccc(Cl)c(Cl)c1)S[C@H](C)C(=O)N2. The molecule has 0 unspecified atom stereocenters. The first-order valence-electron chi connectivity index (χ1n) is 6.43. The van der Waals surface area contributed by atoms with Crippen LogP contribution in [0.15, 0.2) is 18.2 Å². The molecular weight excluding hydrogens is 329 g/mol. The van der Waals surface area contributed by atoms with Crippen LogP contribution in [0.3, 0.4) is 0 Å². The van der Waals surface area contributed by atoms with Gasteiger partial charge in [-0.15, -0.1) is 11.8 Å². The molecule has 2 atom stereocenters. The van der Waals surface area contributed by atoms with Crippen LogP contribution in [0.2, 0.25) is 10.0 Å². The van der Waals surface area contributed by atoms with Crippen LogP contribution < -0.4 is 5.32 Å². The third kappa shape index (κ3) is 2.65. The van der Waals surface area contributed by atoms with E-state index in [1.165, 1.54) is 0 Å². The highest BCUT2D eigenvalue weighted by Gasteiger charge is 2.32. The van der Waals surface area contributed by atoms with E-state index in [9.17, 15) is 4.79 Å². The van der Waals surface area contributed by atoms with E-state index in [0.717, 1.165) is 16.8 Å². The van der Waals surface area contributed by atoms with Crippen molar-refractivity contribution in [2.45, 2.75) is 24.3 Å². The monoisotopic (exact) mass is 341 g/mol. The summed E-state index contributed by atoms with van der Waals surface area (Å²) >= 11 is 13.7. The number of thioether (sulfide) groups is 1. The van der Waals surface area contributed by atoms with Crippen molar-refractivity contribution < 1.29 is 4.79 Å². The van der Waals surface area contributed by atoms with Gasteiger partial charge < -0.3 is 5.32 Å². The first-order chi connectivity index (χ1) is 9.97. The van der Waals surface area contributed by atoms with Gasteiger partial charge in [-0.1, -0.05) is 29.3 Å². The third-order valence-electron chi connectivity index (χ3n) is 3.45. The number of amides is 1. The minimum absolute atomic E-state index is 0.0255. The number of aromatic nitrogens is 2. The van der Waals surface area contributed by atoms with Crippen molar-refractivity contribution in [3.63, 3.8) is 0 Å². The summed E-state index contributed by atoms with van der Waals surface area (Å²) in [6.07, 6.45) is 0. The van der Waals surface area contributed by atoms with Crippen molar-refractivity contribution in [1.82, 2.24) is 10.2 Å². The van der Waals surface area contributed by atoms with E-state index in [4.69, 9.17) is 23.2 Å². The van der Waals surface area contributed by atoms with Crippen molar-refractivity contribution in [3.8, 4) is 0 Å². The fraction of sp³-hybridized carbons (Fsp3) is 0.286. The Morgan fingerprint density at radius 1 is 1.29 bits per heavy atom. The molecule has 0 radical (unpaired) electrons. The molecule has 3 rings (SSSR count). The smallest absolute Gasteiger partial charge is 0.238 e. The second kappa shape index (κ2) is 5.55. The van der Waals surface area contributed by atoms with Crippen molar-refractivity contribution >= 4 is 46.7 Å². The zero-order chi connectivity index (χ0) is 15.1. The van der Waals surface area contributed by atoms with E-state index >= 15 is 0 Å². The molecule has 4 nitrogen and oxygen atoms in total. The summed E-state index contributed by atoms with van der Waals surface area (Å²) in [6.45, 7) is 3.83. The number of anilines is 1. The first kappa shape index (κ1) is 14.8. The first-order valence-corrected chi connectivity index (χ1v) is 8.13. The topological polar surface area (TPSA) is 57.8 Å². The number of nitrogens with one attached hydrogen (secondary N) is 2. The lowest BCUT2D eigenvalue weighted by atomic mass is 10.0. The lowest BCUT2D eigenvalue weighted by Crippen LogP contribution is -2.21. The van der Waals surface area contributed by atoms with E-state index in [-0.39, 0.29) is 16.4 Å². The summed E-state index contributed by atoms with van der Waals surface area (Å²) in [4.78, 5) is 12.1. The maximum Gasteiger partial charge on any atom is 0.238 e. The van der Waals surface area contributed by atoms with E-state index in [2.05, 4.69) is 15.5 Å². The molecule has 0 saturated heterocycles. The highest BCUT2D eigenvalue weighted by Crippen LogP contribution is 2.45. The summed E-state index contributed by atoms with van der Waals surface area (Å²) in [6, 6.07) is 5.56. The largest absolute Gasteiger partial charge is 0.308 e. The Balaban J connectivity index is 2.13. The van der Waals surface area contributed by atoms with Crippen LogP contribution in [0.1, 0.15) is 29.0 Å². The highest BCUT2D eigenvalue weighted by atomic mass is 35.5. The molecule has 110 valence electrons. The minimum atomic E-state index is -0.182. The van der Waals surface area contributed by atoms with Crippen LogP contribution in [0.4, 0.5) is 5.82 Å². The van der Waals surface area contributed by atoms with Gasteiger partial charge in [-0.25, -0.2) is 0 Å². The lowest BCUT2D eigenvalue weighted by Gasteiger charge is -2.18. The van der Waals surface area contributed by atoms with Gasteiger partial charge in [-0.3, -0.25) is 9.89 Å². The molecular formula is C14H13Cl2N3OS. The van der Waals surface area contributed by atoms with Crippen molar-refractivity contribution in [2.75, 3.05) is 5.32 Å². The van der Waals surface area contributed by atoms with E-state index in [1.807, 2.05) is 26.0 Å². The molecule has 2 N–H and O–H groups in total. The predicted molar refractivity (Wildman–Crippen MR) is 87.3 cm³/mol. The second-order valence-electron chi connectivity index (χ2n) is 4.93. The number of H-pyrrole nitrogens is 1. The van der Waals surface area contributed by atoms with E-state index < -0.39 is 0 Å². The standard InChI is InChI=1S/C14H13Cl2N3OS/c1-6-11-12(8-3-4-9(15)10(16)5-8)21-7(2)14(20)17-13(11)19-18-6/h3-5,7,12H,1-2H3,(H2,17,18,19,20)/t7-,12+/m1/s1. The van der Waals surface area contributed by atoms with Gasteiger partial charge in [-0.2, -0.15) is 5.10 Å². The molecule has 2 heterocycles. The molecule has 0 aliphatic carbocycles. The number of hydrogen-bond acceptors (Lipinski definition) is 3. The average molecular weight is 342 g/mol. The number of aryl methyl sites for hydroxylation is 1. The Bertz CT molecular complexity index is 716. The van der Waals surface area contributed by atoms with Gasteiger partial charge in [0.1, 0.15) is 0 Å². The molecule has 0 fully saturated rings. The zero-order valence-electron chi connectivity index (χ0n) is 11.4. The number of nitrogens with zero attached hydrogens (tertiary/aromatic N) is 1.